The third-order valence-electron chi connectivity index (χ3n) is 3.39. The van der Waals surface area contributed by atoms with Gasteiger partial charge in [-0.15, -0.1) is 0 Å². The number of aliphatic hydroxyl groups is 2. The summed E-state index contributed by atoms with van der Waals surface area (Å²) in [6.45, 7) is 2.26. The molecule has 0 amide bonds. The highest BCUT2D eigenvalue weighted by atomic mass is 16.5. The smallest absolute Gasteiger partial charge is 0.217 e. The minimum Gasteiger partial charge on any atom is -0.358 e. The second-order valence-electron chi connectivity index (χ2n) is 5.33. The first kappa shape index (κ1) is 18.5. The van der Waals surface area contributed by atoms with Gasteiger partial charge in [-0.2, -0.15) is 0 Å². The van der Waals surface area contributed by atoms with Crippen molar-refractivity contribution in [1.82, 2.24) is 0 Å². The van der Waals surface area contributed by atoms with E-state index in [2.05, 4.69) is 18.8 Å². The number of rotatable bonds is 12. The van der Waals surface area contributed by atoms with E-state index in [0.29, 0.717) is 0 Å². The summed E-state index contributed by atoms with van der Waals surface area (Å²) in [5.74, 6) is 5.12. The molecule has 0 fully saturated rings. The van der Waals surface area contributed by atoms with E-state index in [4.69, 9.17) is 10.2 Å². The average Bonchev–Trinajstić information content (AvgIpc) is 2.39. The van der Waals surface area contributed by atoms with Crippen LogP contribution in [0.4, 0.5) is 0 Å². The molecule has 0 aliphatic heterocycles. The van der Waals surface area contributed by atoms with Gasteiger partial charge < -0.3 is 10.2 Å². The summed E-state index contributed by atoms with van der Waals surface area (Å²) >= 11 is 0. The fraction of sp³-hybridized carbons (Fsp3) is 0.882. The molecule has 0 aliphatic carbocycles. The lowest BCUT2D eigenvalue weighted by molar-refractivity contribution is 0.0107. The number of unbranched alkanes of at least 4 members (excludes halogenated alkanes) is 12. The van der Waals surface area contributed by atoms with Crippen LogP contribution in [0.3, 0.4) is 0 Å². The largest absolute Gasteiger partial charge is 0.358 e. The number of hydrogen-bond donors (Lipinski definition) is 2. The SMILES string of the molecule is CCCCCCCCCCCCCCC#CC(O)O. The van der Waals surface area contributed by atoms with Crippen LogP contribution in [-0.4, -0.2) is 16.5 Å². The number of aliphatic hydroxyl groups excluding tert-OH is 1. The van der Waals surface area contributed by atoms with Crippen LogP contribution in [0.25, 0.3) is 0 Å². The van der Waals surface area contributed by atoms with Crippen molar-refractivity contribution in [2.24, 2.45) is 0 Å². The lowest BCUT2D eigenvalue weighted by Crippen LogP contribution is -1.97. The van der Waals surface area contributed by atoms with Gasteiger partial charge in [-0.3, -0.25) is 0 Å². The fourth-order valence-electron chi connectivity index (χ4n) is 2.22. The van der Waals surface area contributed by atoms with Crippen molar-refractivity contribution in [1.29, 1.82) is 0 Å². The summed E-state index contributed by atoms with van der Waals surface area (Å²) in [4.78, 5) is 0. The van der Waals surface area contributed by atoms with Gasteiger partial charge in [0.05, 0.1) is 0 Å². The zero-order valence-corrected chi connectivity index (χ0v) is 12.7. The topological polar surface area (TPSA) is 40.5 Å². The zero-order valence-electron chi connectivity index (χ0n) is 12.7. The van der Waals surface area contributed by atoms with E-state index in [1.165, 1.54) is 70.6 Å². The van der Waals surface area contributed by atoms with Gasteiger partial charge >= 0.3 is 0 Å². The molecular formula is C17H32O2. The highest BCUT2D eigenvalue weighted by molar-refractivity contribution is 5.00. The lowest BCUT2D eigenvalue weighted by atomic mass is 10.0. The standard InChI is InChI=1S/C17H32O2/c1-2-3-4-5-6-7-8-9-10-11-12-13-14-15-16-17(18)19/h17-19H,2-14H2,1H3. The average molecular weight is 268 g/mol. The van der Waals surface area contributed by atoms with E-state index in [-0.39, 0.29) is 0 Å². The minimum absolute atomic E-state index is 0.787. The zero-order chi connectivity index (χ0) is 14.2. The first-order valence-electron chi connectivity index (χ1n) is 8.12. The van der Waals surface area contributed by atoms with Crippen molar-refractivity contribution in [3.63, 3.8) is 0 Å². The second kappa shape index (κ2) is 15.5. The van der Waals surface area contributed by atoms with Crippen LogP contribution in [0.1, 0.15) is 90.4 Å². The predicted octanol–water partition coefficient (Wildman–Crippen LogP) is 4.39. The van der Waals surface area contributed by atoms with Gasteiger partial charge in [-0.1, -0.05) is 83.5 Å². The molecule has 0 aromatic heterocycles. The third-order valence-corrected chi connectivity index (χ3v) is 3.39. The van der Waals surface area contributed by atoms with Crippen LogP contribution in [0, 0.1) is 11.8 Å². The minimum atomic E-state index is -1.46. The van der Waals surface area contributed by atoms with Crippen molar-refractivity contribution in [3.05, 3.63) is 0 Å². The fourth-order valence-corrected chi connectivity index (χ4v) is 2.22. The van der Waals surface area contributed by atoms with Crippen LogP contribution >= 0.6 is 0 Å². The third kappa shape index (κ3) is 17.5. The molecule has 0 aliphatic rings. The molecule has 2 heteroatoms. The van der Waals surface area contributed by atoms with E-state index in [9.17, 15) is 0 Å². The summed E-state index contributed by atoms with van der Waals surface area (Å²) < 4.78 is 0. The van der Waals surface area contributed by atoms with Crippen LogP contribution < -0.4 is 0 Å². The molecule has 2 N–H and O–H groups in total. The van der Waals surface area contributed by atoms with Crippen molar-refractivity contribution >= 4 is 0 Å². The summed E-state index contributed by atoms with van der Waals surface area (Å²) in [7, 11) is 0. The molecule has 0 radical (unpaired) electrons. The van der Waals surface area contributed by atoms with E-state index in [1.807, 2.05) is 0 Å². The first-order valence-corrected chi connectivity index (χ1v) is 8.12. The summed E-state index contributed by atoms with van der Waals surface area (Å²) in [5.41, 5.74) is 0. The second-order valence-corrected chi connectivity index (χ2v) is 5.33. The molecule has 0 atom stereocenters. The monoisotopic (exact) mass is 268 g/mol. The van der Waals surface area contributed by atoms with Crippen LogP contribution in [0.15, 0.2) is 0 Å². The molecule has 0 saturated heterocycles. The van der Waals surface area contributed by atoms with E-state index in [1.54, 1.807) is 0 Å². The molecule has 0 rings (SSSR count). The Morgan fingerprint density at radius 2 is 1.11 bits per heavy atom. The van der Waals surface area contributed by atoms with Crippen LogP contribution in [-0.2, 0) is 0 Å². The Hall–Kier alpha value is -0.520. The van der Waals surface area contributed by atoms with E-state index >= 15 is 0 Å². The molecule has 0 spiro atoms. The molecule has 0 heterocycles. The normalized spacial score (nSPS) is 10.5. The summed E-state index contributed by atoms with van der Waals surface area (Å²) in [6, 6.07) is 0. The highest BCUT2D eigenvalue weighted by Crippen LogP contribution is 2.12. The van der Waals surface area contributed by atoms with E-state index < -0.39 is 6.29 Å². The molecule has 0 bridgehead atoms. The van der Waals surface area contributed by atoms with Crippen LogP contribution in [0.2, 0.25) is 0 Å². The molecule has 0 aromatic carbocycles. The van der Waals surface area contributed by atoms with Crippen molar-refractivity contribution in [3.8, 4) is 11.8 Å². The van der Waals surface area contributed by atoms with Crippen molar-refractivity contribution in [2.45, 2.75) is 96.7 Å². The number of hydrogen-bond acceptors (Lipinski definition) is 2. The molecule has 0 aromatic rings. The van der Waals surface area contributed by atoms with Crippen molar-refractivity contribution < 1.29 is 10.2 Å². The highest BCUT2D eigenvalue weighted by Gasteiger charge is 1.93. The Balaban J connectivity index is 3.02. The Labute approximate surface area is 119 Å². The summed E-state index contributed by atoms with van der Waals surface area (Å²) in [5, 5.41) is 17.1. The van der Waals surface area contributed by atoms with Gasteiger partial charge in [0.1, 0.15) is 0 Å². The predicted molar refractivity (Wildman–Crippen MR) is 81.7 cm³/mol. The van der Waals surface area contributed by atoms with Gasteiger partial charge in [0.25, 0.3) is 0 Å². The Morgan fingerprint density at radius 1 is 0.684 bits per heavy atom. The Morgan fingerprint density at radius 3 is 1.53 bits per heavy atom. The first-order chi connectivity index (χ1) is 9.27. The van der Waals surface area contributed by atoms with Gasteiger partial charge in [-0.05, 0) is 12.3 Å². The maximum absolute atomic E-state index is 8.53. The van der Waals surface area contributed by atoms with Gasteiger partial charge in [0, 0.05) is 6.42 Å². The van der Waals surface area contributed by atoms with E-state index in [0.717, 1.165) is 12.8 Å². The van der Waals surface area contributed by atoms with Gasteiger partial charge in [0.15, 0.2) is 0 Å². The van der Waals surface area contributed by atoms with Gasteiger partial charge in [0.2, 0.25) is 6.29 Å². The quantitative estimate of drug-likeness (QED) is 0.313. The molecule has 0 saturated carbocycles. The Bertz CT molecular complexity index is 225. The van der Waals surface area contributed by atoms with Gasteiger partial charge in [-0.25, -0.2) is 0 Å². The molecular weight excluding hydrogens is 236 g/mol. The van der Waals surface area contributed by atoms with Crippen LogP contribution in [0.5, 0.6) is 0 Å². The lowest BCUT2D eigenvalue weighted by Gasteiger charge is -2.01. The molecule has 112 valence electrons. The van der Waals surface area contributed by atoms with Crippen molar-refractivity contribution in [2.75, 3.05) is 0 Å². The molecule has 0 unspecified atom stereocenters. The maximum atomic E-state index is 8.53. The Kier molecular flexibility index (Phi) is 15.1. The molecule has 2 nitrogen and oxygen atoms in total. The molecule has 19 heavy (non-hydrogen) atoms. The summed E-state index contributed by atoms with van der Waals surface area (Å²) in [6.07, 6.45) is 15.4. The maximum Gasteiger partial charge on any atom is 0.217 e.